The smallest absolute Gasteiger partial charge is 0.243 e. The van der Waals surface area contributed by atoms with E-state index in [-0.39, 0.29) is 29.4 Å². The Kier molecular flexibility index (Phi) is 8.46. The van der Waals surface area contributed by atoms with Crippen molar-refractivity contribution in [1.29, 1.82) is 0 Å². The number of piperidine rings is 2. The molecule has 0 unspecified atom stereocenters. The second-order valence-electron chi connectivity index (χ2n) is 9.17. The highest BCUT2D eigenvalue weighted by molar-refractivity contribution is 7.89. The second kappa shape index (κ2) is 11.5. The van der Waals surface area contributed by atoms with E-state index in [4.69, 9.17) is 11.6 Å². The predicted molar refractivity (Wildman–Crippen MR) is 139 cm³/mol. The summed E-state index contributed by atoms with van der Waals surface area (Å²) in [4.78, 5) is 27.7. The second-order valence-corrected chi connectivity index (χ2v) is 11.5. The number of carbonyl (C=O) groups is 2. The predicted octanol–water partition coefficient (Wildman–Crippen LogP) is 5.11. The molecule has 0 atom stereocenters. The Morgan fingerprint density at radius 1 is 0.829 bits per heavy atom. The fourth-order valence-corrected chi connectivity index (χ4v) is 6.33. The van der Waals surface area contributed by atoms with Gasteiger partial charge in [-0.15, -0.1) is 0 Å². The van der Waals surface area contributed by atoms with E-state index in [2.05, 4.69) is 10.2 Å². The number of nitrogens with zero attached hydrogens (tertiary/aromatic N) is 2. The topological polar surface area (TPSA) is 86.8 Å². The summed E-state index contributed by atoms with van der Waals surface area (Å²) >= 11 is 5.88. The van der Waals surface area contributed by atoms with Crippen LogP contribution in [0.3, 0.4) is 0 Å². The van der Waals surface area contributed by atoms with Crippen molar-refractivity contribution < 1.29 is 18.0 Å². The third-order valence-corrected chi connectivity index (χ3v) is 8.78. The summed E-state index contributed by atoms with van der Waals surface area (Å²) < 4.78 is 28.0. The molecule has 0 spiro atoms. The van der Waals surface area contributed by atoms with E-state index in [1.165, 1.54) is 4.31 Å². The van der Waals surface area contributed by atoms with Crippen molar-refractivity contribution in [3.8, 4) is 0 Å². The Labute approximate surface area is 212 Å². The molecule has 2 saturated heterocycles. The van der Waals surface area contributed by atoms with Gasteiger partial charge in [-0.3, -0.25) is 9.59 Å². The first-order valence-electron chi connectivity index (χ1n) is 12.3. The molecule has 2 aliphatic rings. The normalized spacial score (nSPS) is 17.2. The molecule has 1 N–H and O–H groups in total. The molecular weight excluding hydrogens is 486 g/mol. The number of Topliss-reactive ketones (excluding diaryl/α,β-unsaturated/α-hetero) is 1. The zero-order valence-corrected chi connectivity index (χ0v) is 21.4. The minimum atomic E-state index is -3.63. The van der Waals surface area contributed by atoms with E-state index in [1.807, 2.05) is 0 Å². The van der Waals surface area contributed by atoms with Gasteiger partial charge in [-0.05, 0) is 74.6 Å². The minimum absolute atomic E-state index is 0.00397. The van der Waals surface area contributed by atoms with Crippen LogP contribution in [0.1, 0.15) is 61.7 Å². The SMILES string of the molecule is O=C(CCC(=O)c1ccc(Cl)cc1)Nc1cc(S(=O)(=O)N2CCCCC2)ccc1N1CCCCC1. The molecule has 2 heterocycles. The minimum Gasteiger partial charge on any atom is -0.370 e. The lowest BCUT2D eigenvalue weighted by atomic mass is 10.1. The van der Waals surface area contributed by atoms with E-state index in [1.54, 1.807) is 42.5 Å². The van der Waals surface area contributed by atoms with Crippen LogP contribution in [0.2, 0.25) is 5.02 Å². The summed E-state index contributed by atoms with van der Waals surface area (Å²) in [5.74, 6) is -0.465. The molecule has 2 fully saturated rings. The Bertz CT molecular complexity index is 1160. The van der Waals surface area contributed by atoms with Gasteiger partial charge in [-0.25, -0.2) is 8.42 Å². The number of amides is 1. The third kappa shape index (κ3) is 6.42. The zero-order chi connectivity index (χ0) is 24.8. The summed E-state index contributed by atoms with van der Waals surface area (Å²) in [5, 5.41) is 3.45. The Morgan fingerprint density at radius 3 is 2.11 bits per heavy atom. The number of hydrogen-bond acceptors (Lipinski definition) is 5. The van der Waals surface area contributed by atoms with Gasteiger partial charge in [0.1, 0.15) is 0 Å². The number of halogens is 1. The number of ketones is 1. The van der Waals surface area contributed by atoms with E-state index < -0.39 is 10.0 Å². The molecule has 188 valence electrons. The molecule has 7 nitrogen and oxygen atoms in total. The Morgan fingerprint density at radius 2 is 1.46 bits per heavy atom. The van der Waals surface area contributed by atoms with Crippen molar-refractivity contribution in [3.05, 3.63) is 53.1 Å². The van der Waals surface area contributed by atoms with Gasteiger partial charge in [-0.1, -0.05) is 18.0 Å². The van der Waals surface area contributed by atoms with Crippen molar-refractivity contribution >= 4 is 44.7 Å². The molecule has 0 saturated carbocycles. The Hall–Kier alpha value is -2.42. The molecule has 0 aliphatic carbocycles. The maximum atomic E-state index is 13.3. The summed E-state index contributed by atoms with van der Waals surface area (Å²) in [5.41, 5.74) is 1.81. The molecule has 0 bridgehead atoms. The monoisotopic (exact) mass is 517 g/mol. The van der Waals surface area contributed by atoms with Crippen LogP contribution in [0.4, 0.5) is 11.4 Å². The van der Waals surface area contributed by atoms with Gasteiger partial charge >= 0.3 is 0 Å². The van der Waals surface area contributed by atoms with Crippen LogP contribution < -0.4 is 10.2 Å². The van der Waals surface area contributed by atoms with Crippen LogP contribution in [0.5, 0.6) is 0 Å². The van der Waals surface area contributed by atoms with E-state index in [9.17, 15) is 18.0 Å². The first-order valence-corrected chi connectivity index (χ1v) is 14.1. The highest BCUT2D eigenvalue weighted by Gasteiger charge is 2.27. The lowest BCUT2D eigenvalue weighted by Crippen LogP contribution is -2.35. The standard InChI is InChI=1S/C26H32ClN3O4S/c27-21-9-7-20(8-10-21)25(31)13-14-26(32)28-23-19-22(35(33,34)30-17-5-2-6-18-30)11-12-24(23)29-15-3-1-4-16-29/h7-12,19H,1-6,13-18H2,(H,28,32). The lowest BCUT2D eigenvalue weighted by molar-refractivity contribution is -0.116. The molecular formula is C26H32ClN3O4S. The fraction of sp³-hybridized carbons (Fsp3) is 0.462. The van der Waals surface area contributed by atoms with Crippen molar-refractivity contribution in [2.75, 3.05) is 36.4 Å². The van der Waals surface area contributed by atoms with Crippen LogP contribution in [0.15, 0.2) is 47.4 Å². The van der Waals surface area contributed by atoms with Gasteiger partial charge in [0.05, 0.1) is 16.3 Å². The number of benzene rings is 2. The molecule has 2 aromatic carbocycles. The molecule has 35 heavy (non-hydrogen) atoms. The fourth-order valence-electron chi connectivity index (χ4n) is 4.66. The number of anilines is 2. The summed E-state index contributed by atoms with van der Waals surface area (Å²) in [6, 6.07) is 11.6. The van der Waals surface area contributed by atoms with Gasteiger partial charge in [0.15, 0.2) is 5.78 Å². The van der Waals surface area contributed by atoms with E-state index in [0.29, 0.717) is 29.4 Å². The molecule has 4 rings (SSSR count). The van der Waals surface area contributed by atoms with E-state index in [0.717, 1.165) is 57.3 Å². The Balaban J connectivity index is 1.52. The summed E-state index contributed by atoms with van der Waals surface area (Å²) in [6.45, 7) is 2.75. The van der Waals surface area contributed by atoms with Gasteiger partial charge < -0.3 is 10.2 Å². The number of nitrogens with one attached hydrogen (secondary N) is 1. The van der Waals surface area contributed by atoms with Crippen LogP contribution in [-0.4, -0.2) is 50.6 Å². The van der Waals surface area contributed by atoms with E-state index >= 15 is 0 Å². The van der Waals surface area contributed by atoms with Gasteiger partial charge in [0.25, 0.3) is 0 Å². The maximum absolute atomic E-state index is 13.3. The van der Waals surface area contributed by atoms with Crippen molar-refractivity contribution in [3.63, 3.8) is 0 Å². The highest BCUT2D eigenvalue weighted by Crippen LogP contribution is 2.33. The van der Waals surface area contributed by atoms with Crippen LogP contribution >= 0.6 is 11.6 Å². The largest absolute Gasteiger partial charge is 0.370 e. The van der Waals surface area contributed by atoms with Crippen molar-refractivity contribution in [2.45, 2.75) is 56.3 Å². The molecule has 0 aromatic heterocycles. The lowest BCUT2D eigenvalue weighted by Gasteiger charge is -2.31. The maximum Gasteiger partial charge on any atom is 0.243 e. The summed E-state index contributed by atoms with van der Waals surface area (Å²) in [6.07, 6.45) is 6.07. The first kappa shape index (κ1) is 25.7. The average molecular weight is 518 g/mol. The number of rotatable bonds is 8. The zero-order valence-electron chi connectivity index (χ0n) is 19.8. The van der Waals surface area contributed by atoms with Crippen molar-refractivity contribution in [1.82, 2.24) is 4.31 Å². The first-order chi connectivity index (χ1) is 16.8. The van der Waals surface area contributed by atoms with Crippen LogP contribution in [0, 0.1) is 0 Å². The van der Waals surface area contributed by atoms with Gasteiger partial charge in [-0.2, -0.15) is 4.31 Å². The van der Waals surface area contributed by atoms with Crippen LogP contribution in [-0.2, 0) is 14.8 Å². The highest BCUT2D eigenvalue weighted by atomic mass is 35.5. The van der Waals surface area contributed by atoms with Crippen LogP contribution in [0.25, 0.3) is 0 Å². The van der Waals surface area contributed by atoms with Gasteiger partial charge in [0, 0.05) is 49.6 Å². The van der Waals surface area contributed by atoms with Gasteiger partial charge in [0.2, 0.25) is 15.9 Å². The summed E-state index contributed by atoms with van der Waals surface area (Å²) in [7, 11) is -3.63. The van der Waals surface area contributed by atoms with Crippen molar-refractivity contribution in [2.24, 2.45) is 0 Å². The molecule has 0 radical (unpaired) electrons. The number of carbonyl (C=O) groups excluding carboxylic acids is 2. The number of hydrogen-bond donors (Lipinski definition) is 1. The quantitative estimate of drug-likeness (QED) is 0.492. The molecule has 9 heteroatoms. The molecule has 2 aromatic rings. The number of sulfonamides is 1. The average Bonchev–Trinajstić information content (AvgIpc) is 2.88. The third-order valence-electron chi connectivity index (χ3n) is 6.64. The molecule has 2 aliphatic heterocycles. The molecule has 1 amide bonds.